The molecule has 9 heteroatoms. The van der Waals surface area contributed by atoms with Crippen LogP contribution in [-0.2, 0) is 21.2 Å². The van der Waals surface area contributed by atoms with E-state index in [9.17, 15) is 13.2 Å². The summed E-state index contributed by atoms with van der Waals surface area (Å²) in [5.41, 5.74) is 2.08. The molecule has 1 aliphatic rings. The van der Waals surface area contributed by atoms with Crippen LogP contribution >= 0.6 is 11.6 Å². The molecule has 0 bridgehead atoms. The van der Waals surface area contributed by atoms with Crippen LogP contribution in [0.25, 0.3) is 0 Å². The first-order valence-corrected chi connectivity index (χ1v) is 11.8. The van der Waals surface area contributed by atoms with E-state index in [1.54, 1.807) is 12.1 Å². The van der Waals surface area contributed by atoms with E-state index < -0.39 is 10.0 Å². The SMILES string of the molecule is CC(C(=O)NCCc1ccc(S(N)(=O)=O)cc1)N1CCN(c2ccc(Cl)cc2)CC1. The Morgan fingerprint density at radius 1 is 1.07 bits per heavy atom. The van der Waals surface area contributed by atoms with Gasteiger partial charge in [-0.1, -0.05) is 23.7 Å². The number of rotatable bonds is 7. The summed E-state index contributed by atoms with van der Waals surface area (Å²) in [6.45, 7) is 5.75. The monoisotopic (exact) mass is 450 g/mol. The van der Waals surface area contributed by atoms with E-state index >= 15 is 0 Å². The van der Waals surface area contributed by atoms with Gasteiger partial charge in [0.2, 0.25) is 15.9 Å². The van der Waals surface area contributed by atoms with Crippen LogP contribution in [0, 0.1) is 0 Å². The second kappa shape index (κ2) is 9.78. The molecule has 1 amide bonds. The summed E-state index contributed by atoms with van der Waals surface area (Å²) in [6, 6.07) is 14.0. The average molecular weight is 451 g/mol. The number of hydrogen-bond donors (Lipinski definition) is 2. The largest absolute Gasteiger partial charge is 0.369 e. The van der Waals surface area contributed by atoms with Crippen molar-refractivity contribution in [1.29, 1.82) is 0 Å². The Kier molecular flexibility index (Phi) is 7.36. The number of benzene rings is 2. The Hall–Kier alpha value is -2.13. The quantitative estimate of drug-likeness (QED) is 0.671. The molecule has 162 valence electrons. The number of piperazine rings is 1. The molecule has 30 heavy (non-hydrogen) atoms. The number of primary sulfonamides is 1. The van der Waals surface area contributed by atoms with Crippen LogP contribution in [0.1, 0.15) is 12.5 Å². The first-order chi connectivity index (χ1) is 14.2. The number of amides is 1. The molecule has 1 unspecified atom stereocenters. The predicted molar refractivity (Wildman–Crippen MR) is 119 cm³/mol. The zero-order valence-electron chi connectivity index (χ0n) is 16.9. The topological polar surface area (TPSA) is 95.7 Å². The van der Waals surface area contributed by atoms with Crippen LogP contribution < -0.4 is 15.4 Å². The van der Waals surface area contributed by atoms with E-state index in [-0.39, 0.29) is 16.8 Å². The van der Waals surface area contributed by atoms with E-state index in [1.807, 2.05) is 31.2 Å². The van der Waals surface area contributed by atoms with Gasteiger partial charge < -0.3 is 10.2 Å². The highest BCUT2D eigenvalue weighted by Crippen LogP contribution is 2.20. The number of hydrogen-bond acceptors (Lipinski definition) is 5. The van der Waals surface area contributed by atoms with Crippen molar-refractivity contribution in [2.75, 3.05) is 37.6 Å². The lowest BCUT2D eigenvalue weighted by atomic mass is 10.1. The summed E-state index contributed by atoms with van der Waals surface area (Å²) in [6.07, 6.45) is 0.619. The summed E-state index contributed by atoms with van der Waals surface area (Å²) < 4.78 is 22.6. The minimum atomic E-state index is -3.69. The molecule has 2 aromatic rings. The molecule has 3 N–H and O–H groups in total. The van der Waals surface area contributed by atoms with Crippen LogP contribution in [0.2, 0.25) is 5.02 Å². The Morgan fingerprint density at radius 2 is 1.67 bits per heavy atom. The molecular formula is C21H27ClN4O3S. The lowest BCUT2D eigenvalue weighted by molar-refractivity contribution is -0.125. The fourth-order valence-corrected chi connectivity index (χ4v) is 4.15. The van der Waals surface area contributed by atoms with Gasteiger partial charge in [-0.05, 0) is 55.3 Å². The van der Waals surface area contributed by atoms with Gasteiger partial charge in [-0.25, -0.2) is 13.6 Å². The summed E-state index contributed by atoms with van der Waals surface area (Å²) in [4.78, 5) is 17.1. The minimum absolute atomic E-state index is 0.00361. The molecule has 1 aliphatic heterocycles. The second-order valence-corrected chi connectivity index (χ2v) is 9.40. The molecule has 0 spiro atoms. The van der Waals surface area contributed by atoms with Crippen molar-refractivity contribution in [2.45, 2.75) is 24.3 Å². The Balaban J connectivity index is 1.43. The molecule has 1 heterocycles. The summed E-state index contributed by atoms with van der Waals surface area (Å²) in [5.74, 6) is -0.00361. The third kappa shape index (κ3) is 5.95. The highest BCUT2D eigenvalue weighted by Gasteiger charge is 2.25. The highest BCUT2D eigenvalue weighted by molar-refractivity contribution is 7.89. The molecule has 1 fully saturated rings. The van der Waals surface area contributed by atoms with Crippen molar-refractivity contribution in [2.24, 2.45) is 5.14 Å². The molecule has 2 aromatic carbocycles. The van der Waals surface area contributed by atoms with Crippen molar-refractivity contribution in [3.63, 3.8) is 0 Å². The maximum Gasteiger partial charge on any atom is 0.238 e. The first kappa shape index (κ1) is 22.6. The lowest BCUT2D eigenvalue weighted by Gasteiger charge is -2.38. The molecule has 0 radical (unpaired) electrons. The lowest BCUT2D eigenvalue weighted by Crippen LogP contribution is -2.54. The van der Waals surface area contributed by atoms with E-state index in [1.165, 1.54) is 12.1 Å². The Morgan fingerprint density at radius 3 is 2.23 bits per heavy atom. The zero-order valence-corrected chi connectivity index (χ0v) is 18.5. The van der Waals surface area contributed by atoms with E-state index in [2.05, 4.69) is 15.1 Å². The minimum Gasteiger partial charge on any atom is -0.369 e. The van der Waals surface area contributed by atoms with Crippen molar-refractivity contribution in [1.82, 2.24) is 10.2 Å². The number of carbonyl (C=O) groups is 1. The average Bonchev–Trinajstić information content (AvgIpc) is 2.73. The second-order valence-electron chi connectivity index (χ2n) is 7.41. The standard InChI is InChI=1S/C21H27ClN4O3S/c1-16(25-12-14-26(15-13-25)19-6-4-18(22)5-7-19)21(27)24-11-10-17-2-8-20(9-3-17)30(23,28)29/h2-9,16H,10-15H2,1H3,(H,24,27)(H2,23,28,29). The van der Waals surface area contributed by atoms with Crippen LogP contribution in [-0.4, -0.2) is 58.0 Å². The van der Waals surface area contributed by atoms with Crippen molar-refractivity contribution in [3.05, 3.63) is 59.1 Å². The number of halogens is 1. The van der Waals surface area contributed by atoms with Crippen LogP contribution in [0.15, 0.2) is 53.4 Å². The van der Waals surface area contributed by atoms with Gasteiger partial charge in [0.25, 0.3) is 0 Å². The normalized spacial score (nSPS) is 16.3. The van der Waals surface area contributed by atoms with Gasteiger partial charge in [0.15, 0.2) is 0 Å². The molecule has 3 rings (SSSR count). The molecular weight excluding hydrogens is 424 g/mol. The maximum absolute atomic E-state index is 12.5. The molecule has 7 nitrogen and oxygen atoms in total. The fraction of sp³-hybridized carbons (Fsp3) is 0.381. The summed E-state index contributed by atoms with van der Waals surface area (Å²) in [7, 11) is -3.69. The number of nitrogens with one attached hydrogen (secondary N) is 1. The van der Waals surface area contributed by atoms with Crippen LogP contribution in [0.5, 0.6) is 0 Å². The Bertz CT molecular complexity index is 957. The van der Waals surface area contributed by atoms with Gasteiger partial charge in [0.1, 0.15) is 0 Å². The number of carbonyl (C=O) groups excluding carboxylic acids is 1. The summed E-state index contributed by atoms with van der Waals surface area (Å²) in [5, 5.41) is 8.80. The first-order valence-electron chi connectivity index (χ1n) is 9.88. The van der Waals surface area contributed by atoms with Crippen LogP contribution in [0.4, 0.5) is 5.69 Å². The fourth-order valence-electron chi connectivity index (χ4n) is 3.51. The maximum atomic E-state index is 12.5. The molecule has 0 aliphatic carbocycles. The molecule has 1 saturated heterocycles. The van der Waals surface area contributed by atoms with Gasteiger partial charge in [0, 0.05) is 43.4 Å². The number of nitrogens with two attached hydrogens (primary N) is 1. The van der Waals surface area contributed by atoms with Gasteiger partial charge >= 0.3 is 0 Å². The van der Waals surface area contributed by atoms with Crippen molar-refractivity contribution < 1.29 is 13.2 Å². The van der Waals surface area contributed by atoms with Gasteiger partial charge in [-0.15, -0.1) is 0 Å². The van der Waals surface area contributed by atoms with Gasteiger partial charge in [-0.3, -0.25) is 9.69 Å². The van der Waals surface area contributed by atoms with Gasteiger partial charge in [0.05, 0.1) is 10.9 Å². The van der Waals surface area contributed by atoms with Crippen molar-refractivity contribution >= 4 is 33.2 Å². The summed E-state index contributed by atoms with van der Waals surface area (Å²) >= 11 is 5.96. The molecule has 0 saturated carbocycles. The van der Waals surface area contributed by atoms with E-state index in [4.69, 9.17) is 16.7 Å². The highest BCUT2D eigenvalue weighted by atomic mass is 35.5. The zero-order chi connectivity index (χ0) is 21.7. The predicted octanol–water partition coefficient (Wildman–Crippen LogP) is 1.86. The van der Waals surface area contributed by atoms with Crippen LogP contribution in [0.3, 0.4) is 0 Å². The van der Waals surface area contributed by atoms with Crippen molar-refractivity contribution in [3.8, 4) is 0 Å². The number of sulfonamides is 1. The molecule has 1 atom stereocenters. The third-order valence-electron chi connectivity index (χ3n) is 5.40. The Labute approximate surface area is 182 Å². The number of nitrogens with zero attached hydrogens (tertiary/aromatic N) is 2. The van der Waals surface area contributed by atoms with Gasteiger partial charge in [-0.2, -0.15) is 0 Å². The number of anilines is 1. The molecule has 0 aromatic heterocycles. The van der Waals surface area contributed by atoms with E-state index in [0.29, 0.717) is 13.0 Å². The third-order valence-corrected chi connectivity index (χ3v) is 6.58. The smallest absolute Gasteiger partial charge is 0.238 e. The van der Waals surface area contributed by atoms with E-state index in [0.717, 1.165) is 42.5 Å².